The highest BCUT2D eigenvalue weighted by Gasteiger charge is 2.28. The van der Waals surface area contributed by atoms with E-state index >= 15 is 0 Å². The molecule has 0 amide bonds. The van der Waals surface area contributed by atoms with Gasteiger partial charge >= 0.3 is 0 Å². The highest BCUT2D eigenvalue weighted by molar-refractivity contribution is 6.19. The summed E-state index contributed by atoms with van der Waals surface area (Å²) in [5.41, 5.74) is 9.92. The first-order valence-electron chi connectivity index (χ1n) is 14.3. The monoisotopic (exact) mass is 551 g/mol. The molecule has 1 aliphatic carbocycles. The van der Waals surface area contributed by atoms with Gasteiger partial charge in [0.25, 0.3) is 0 Å². The van der Waals surface area contributed by atoms with E-state index in [1.165, 1.54) is 33.0 Å². The summed E-state index contributed by atoms with van der Waals surface area (Å²) in [6, 6.07) is 37.9. The van der Waals surface area contributed by atoms with Crippen LogP contribution in [0, 0.1) is 0 Å². The maximum absolute atomic E-state index is 6.57. The van der Waals surface area contributed by atoms with Crippen LogP contribution in [0.4, 0.5) is 17.2 Å². The van der Waals surface area contributed by atoms with E-state index in [-0.39, 0.29) is 0 Å². The molecule has 5 nitrogen and oxygen atoms in total. The predicted octanol–water partition coefficient (Wildman–Crippen LogP) is 10.5. The standard InChI is InChI=1S/C38H21N3O2/c1-2-10-25-24(9-1)27-13-7-8-22-18-23(19-29(25)35(22)27)41(31-21-39-20-30-26-11-3-5-14-32(26)43-37(30)31)38-36-28-12-4-6-15-33(28)42-34(36)16-17-40-38/h1-21H. The molecule has 0 spiro atoms. The summed E-state index contributed by atoms with van der Waals surface area (Å²) >= 11 is 0. The fourth-order valence-electron chi connectivity index (χ4n) is 6.91. The first-order chi connectivity index (χ1) is 21.3. The second-order valence-electron chi connectivity index (χ2n) is 11.0. The highest BCUT2D eigenvalue weighted by atomic mass is 16.3. The fourth-order valence-corrected chi connectivity index (χ4v) is 6.91. The molecule has 4 heterocycles. The summed E-state index contributed by atoms with van der Waals surface area (Å²) in [6.45, 7) is 0. The molecule has 9 aromatic rings. The molecule has 0 radical (unpaired) electrons. The van der Waals surface area contributed by atoms with E-state index in [9.17, 15) is 0 Å². The van der Waals surface area contributed by atoms with Crippen molar-refractivity contribution >= 4 is 71.8 Å². The van der Waals surface area contributed by atoms with E-state index < -0.39 is 0 Å². The van der Waals surface area contributed by atoms with Gasteiger partial charge in [0.15, 0.2) is 5.58 Å². The molecule has 0 atom stereocenters. The number of pyridine rings is 2. The second kappa shape index (κ2) is 8.30. The normalized spacial score (nSPS) is 12.2. The van der Waals surface area contributed by atoms with Gasteiger partial charge in [-0.25, -0.2) is 4.98 Å². The van der Waals surface area contributed by atoms with E-state index in [1.54, 1.807) is 0 Å². The summed E-state index contributed by atoms with van der Waals surface area (Å²) in [5, 5.41) is 6.38. The lowest BCUT2D eigenvalue weighted by Gasteiger charge is -2.25. The molecular weight excluding hydrogens is 530 g/mol. The molecule has 200 valence electrons. The van der Waals surface area contributed by atoms with Crippen molar-refractivity contribution in [3.8, 4) is 22.3 Å². The van der Waals surface area contributed by atoms with Crippen LogP contribution in [-0.2, 0) is 0 Å². The lowest BCUT2D eigenvalue weighted by Crippen LogP contribution is -2.12. The van der Waals surface area contributed by atoms with Crippen LogP contribution in [0.15, 0.2) is 137 Å². The lowest BCUT2D eigenvalue weighted by atomic mass is 10.0. The zero-order valence-corrected chi connectivity index (χ0v) is 22.8. The number of rotatable bonds is 3. The quantitative estimate of drug-likeness (QED) is 0.219. The first kappa shape index (κ1) is 22.7. The van der Waals surface area contributed by atoms with Crippen molar-refractivity contribution in [2.24, 2.45) is 0 Å². The SMILES string of the molecule is c1ccc2c(c1)-c1cccc3cc(N(c4cncc5c4oc4ccccc45)c4nccc5oc6ccccc6c45)cc-2c13. The molecule has 0 bridgehead atoms. The van der Waals surface area contributed by atoms with Crippen LogP contribution in [0.2, 0.25) is 0 Å². The van der Waals surface area contributed by atoms with Crippen molar-refractivity contribution in [3.05, 3.63) is 128 Å². The van der Waals surface area contributed by atoms with Crippen molar-refractivity contribution in [3.63, 3.8) is 0 Å². The van der Waals surface area contributed by atoms with Gasteiger partial charge in [-0.05, 0) is 63.4 Å². The van der Waals surface area contributed by atoms with Gasteiger partial charge in [0.2, 0.25) is 0 Å². The van der Waals surface area contributed by atoms with Gasteiger partial charge in [0, 0.05) is 34.2 Å². The number of anilines is 3. The second-order valence-corrected chi connectivity index (χ2v) is 11.0. The molecule has 5 heteroatoms. The van der Waals surface area contributed by atoms with Crippen LogP contribution in [0.1, 0.15) is 0 Å². The van der Waals surface area contributed by atoms with Crippen LogP contribution in [-0.4, -0.2) is 9.97 Å². The summed E-state index contributed by atoms with van der Waals surface area (Å²) in [6.07, 6.45) is 5.57. The molecule has 0 saturated heterocycles. The number of hydrogen-bond donors (Lipinski definition) is 0. The molecule has 1 aliphatic rings. The van der Waals surface area contributed by atoms with Crippen LogP contribution >= 0.6 is 0 Å². The molecule has 0 unspecified atom stereocenters. The fraction of sp³-hybridized carbons (Fsp3) is 0. The third-order valence-corrected chi connectivity index (χ3v) is 8.72. The van der Waals surface area contributed by atoms with Crippen molar-refractivity contribution < 1.29 is 8.83 Å². The van der Waals surface area contributed by atoms with Gasteiger partial charge in [-0.15, -0.1) is 0 Å². The maximum atomic E-state index is 6.57. The lowest BCUT2D eigenvalue weighted by molar-refractivity contribution is 0.667. The van der Waals surface area contributed by atoms with Crippen LogP contribution < -0.4 is 4.90 Å². The molecular formula is C38H21N3O2. The number of aromatic nitrogens is 2. The number of fused-ring (bicyclic) bond motifs is 9. The van der Waals surface area contributed by atoms with E-state index in [2.05, 4.69) is 71.6 Å². The Hall–Kier alpha value is -5.94. The van der Waals surface area contributed by atoms with Gasteiger partial charge in [0.05, 0.1) is 11.6 Å². The summed E-state index contributed by atoms with van der Waals surface area (Å²) in [4.78, 5) is 12.0. The Kier molecular flexibility index (Phi) is 4.39. The Morgan fingerprint density at radius 2 is 1.28 bits per heavy atom. The highest BCUT2D eigenvalue weighted by Crippen LogP contribution is 2.51. The third-order valence-electron chi connectivity index (χ3n) is 8.72. The molecule has 43 heavy (non-hydrogen) atoms. The van der Waals surface area contributed by atoms with Crippen molar-refractivity contribution in [1.82, 2.24) is 9.97 Å². The smallest absolute Gasteiger partial charge is 0.162 e. The molecule has 0 fully saturated rings. The topological polar surface area (TPSA) is 55.3 Å². The number of nitrogens with zero attached hydrogens (tertiary/aromatic N) is 3. The van der Waals surface area contributed by atoms with Gasteiger partial charge < -0.3 is 8.83 Å². The maximum Gasteiger partial charge on any atom is 0.162 e. The van der Waals surface area contributed by atoms with E-state index in [1.807, 2.05) is 61.1 Å². The minimum absolute atomic E-state index is 0.756. The van der Waals surface area contributed by atoms with E-state index in [0.717, 1.165) is 61.1 Å². The number of para-hydroxylation sites is 2. The molecule has 0 saturated carbocycles. The molecule has 0 aliphatic heterocycles. The average molecular weight is 552 g/mol. The first-order valence-corrected chi connectivity index (χ1v) is 14.3. The molecule has 5 aromatic carbocycles. The minimum Gasteiger partial charge on any atom is -0.456 e. The summed E-state index contributed by atoms with van der Waals surface area (Å²) in [5.74, 6) is 0.756. The molecule has 4 aromatic heterocycles. The largest absolute Gasteiger partial charge is 0.456 e. The third kappa shape index (κ3) is 3.05. The van der Waals surface area contributed by atoms with Gasteiger partial charge in [-0.1, -0.05) is 78.9 Å². The number of benzene rings is 5. The average Bonchev–Trinajstić information content (AvgIpc) is 3.73. The molecule has 0 N–H and O–H groups in total. The van der Waals surface area contributed by atoms with Crippen molar-refractivity contribution in [2.45, 2.75) is 0 Å². The zero-order valence-electron chi connectivity index (χ0n) is 22.8. The van der Waals surface area contributed by atoms with Gasteiger partial charge in [-0.2, -0.15) is 0 Å². The van der Waals surface area contributed by atoms with Crippen molar-refractivity contribution in [2.75, 3.05) is 4.90 Å². The summed E-state index contributed by atoms with van der Waals surface area (Å²) in [7, 11) is 0. The van der Waals surface area contributed by atoms with Crippen LogP contribution in [0.25, 0.3) is 76.9 Å². The Bertz CT molecular complexity index is 2590. The summed E-state index contributed by atoms with van der Waals surface area (Å²) < 4.78 is 12.9. The van der Waals surface area contributed by atoms with Gasteiger partial charge in [0.1, 0.15) is 28.3 Å². The van der Waals surface area contributed by atoms with E-state index in [0.29, 0.717) is 0 Å². The molecule has 10 rings (SSSR count). The van der Waals surface area contributed by atoms with Crippen LogP contribution in [0.3, 0.4) is 0 Å². The van der Waals surface area contributed by atoms with Gasteiger partial charge in [-0.3, -0.25) is 9.88 Å². The number of hydrogen-bond acceptors (Lipinski definition) is 5. The Morgan fingerprint density at radius 3 is 2.16 bits per heavy atom. The Labute approximate surface area is 245 Å². The Balaban J connectivity index is 1.35. The number of furan rings is 2. The Morgan fingerprint density at radius 1 is 0.535 bits per heavy atom. The van der Waals surface area contributed by atoms with E-state index in [4.69, 9.17) is 18.8 Å². The predicted molar refractivity (Wildman–Crippen MR) is 173 cm³/mol. The zero-order chi connectivity index (χ0) is 28.1. The minimum atomic E-state index is 0.756. The van der Waals surface area contributed by atoms with Crippen LogP contribution in [0.5, 0.6) is 0 Å². The van der Waals surface area contributed by atoms with Crippen molar-refractivity contribution in [1.29, 1.82) is 0 Å².